The molecule has 1 atom stereocenters. The zero-order valence-electron chi connectivity index (χ0n) is 10.3. The SMILES string of the molecule is CNCCCC(COC(C)(C)C)NC. The molecule has 0 rings (SSSR count). The first-order chi connectivity index (χ1) is 6.49. The molecule has 0 saturated carbocycles. The highest BCUT2D eigenvalue weighted by molar-refractivity contribution is 4.67. The van der Waals surface area contributed by atoms with Crippen molar-refractivity contribution in [2.24, 2.45) is 0 Å². The van der Waals surface area contributed by atoms with Crippen molar-refractivity contribution < 1.29 is 4.74 Å². The van der Waals surface area contributed by atoms with Crippen LogP contribution in [0.3, 0.4) is 0 Å². The lowest BCUT2D eigenvalue weighted by Crippen LogP contribution is -2.34. The normalized spacial score (nSPS) is 14.4. The van der Waals surface area contributed by atoms with E-state index in [4.69, 9.17) is 4.74 Å². The average Bonchev–Trinajstić information content (AvgIpc) is 2.09. The van der Waals surface area contributed by atoms with Crippen LogP contribution in [0, 0.1) is 0 Å². The second-order valence-corrected chi connectivity index (χ2v) is 4.65. The molecule has 0 aliphatic rings. The summed E-state index contributed by atoms with van der Waals surface area (Å²) in [6, 6.07) is 0.475. The van der Waals surface area contributed by atoms with Crippen molar-refractivity contribution >= 4 is 0 Å². The fourth-order valence-corrected chi connectivity index (χ4v) is 1.19. The third-order valence-electron chi connectivity index (χ3n) is 2.11. The molecule has 2 N–H and O–H groups in total. The summed E-state index contributed by atoms with van der Waals surface area (Å²) in [6.45, 7) is 8.14. The molecule has 3 heteroatoms. The molecular weight excluding hydrogens is 176 g/mol. The molecule has 0 fully saturated rings. The molecule has 0 aromatic carbocycles. The van der Waals surface area contributed by atoms with Gasteiger partial charge in [0.15, 0.2) is 0 Å². The average molecular weight is 202 g/mol. The van der Waals surface area contributed by atoms with Crippen LogP contribution < -0.4 is 10.6 Å². The lowest BCUT2D eigenvalue weighted by atomic mass is 10.1. The number of hydrogen-bond donors (Lipinski definition) is 2. The Morgan fingerprint density at radius 2 is 1.86 bits per heavy atom. The van der Waals surface area contributed by atoms with Crippen LogP contribution in [0.25, 0.3) is 0 Å². The third kappa shape index (κ3) is 8.48. The monoisotopic (exact) mass is 202 g/mol. The summed E-state index contributed by atoms with van der Waals surface area (Å²) < 4.78 is 5.73. The van der Waals surface area contributed by atoms with E-state index in [1.165, 1.54) is 6.42 Å². The lowest BCUT2D eigenvalue weighted by molar-refractivity contribution is -0.0146. The minimum Gasteiger partial charge on any atom is -0.374 e. The van der Waals surface area contributed by atoms with Gasteiger partial charge in [0.1, 0.15) is 0 Å². The molecule has 86 valence electrons. The first-order valence-corrected chi connectivity index (χ1v) is 5.45. The molecule has 0 aromatic heterocycles. The topological polar surface area (TPSA) is 33.3 Å². The molecule has 0 aliphatic carbocycles. The van der Waals surface area contributed by atoms with Crippen LogP contribution in [0.4, 0.5) is 0 Å². The van der Waals surface area contributed by atoms with Gasteiger partial charge in [0.2, 0.25) is 0 Å². The van der Waals surface area contributed by atoms with Gasteiger partial charge in [0, 0.05) is 6.04 Å². The summed E-state index contributed by atoms with van der Waals surface area (Å²) in [5, 5.41) is 6.43. The van der Waals surface area contributed by atoms with Crippen molar-refractivity contribution in [1.82, 2.24) is 10.6 Å². The number of likely N-dealkylation sites (N-methyl/N-ethyl adjacent to an activating group) is 1. The molecule has 0 aromatic rings. The standard InChI is InChI=1S/C11H26N2O/c1-11(2,3)14-9-10(13-5)7-6-8-12-4/h10,12-13H,6-9H2,1-5H3. The van der Waals surface area contributed by atoms with Gasteiger partial charge in [0.25, 0.3) is 0 Å². The van der Waals surface area contributed by atoms with Gasteiger partial charge in [-0.25, -0.2) is 0 Å². The van der Waals surface area contributed by atoms with Crippen molar-refractivity contribution in [2.75, 3.05) is 27.2 Å². The molecule has 0 saturated heterocycles. The number of rotatable bonds is 7. The van der Waals surface area contributed by atoms with E-state index >= 15 is 0 Å². The maximum atomic E-state index is 5.73. The van der Waals surface area contributed by atoms with Gasteiger partial charge >= 0.3 is 0 Å². The Morgan fingerprint density at radius 3 is 2.29 bits per heavy atom. The third-order valence-corrected chi connectivity index (χ3v) is 2.11. The summed E-state index contributed by atoms with van der Waals surface area (Å²) in [6.07, 6.45) is 2.35. The quantitative estimate of drug-likeness (QED) is 0.612. The van der Waals surface area contributed by atoms with Gasteiger partial charge in [0.05, 0.1) is 12.2 Å². The summed E-state index contributed by atoms with van der Waals surface area (Å²) in [7, 11) is 3.98. The van der Waals surface area contributed by atoms with E-state index in [1.54, 1.807) is 0 Å². The second-order valence-electron chi connectivity index (χ2n) is 4.65. The molecule has 1 unspecified atom stereocenters. The maximum absolute atomic E-state index is 5.73. The molecule has 0 bridgehead atoms. The van der Waals surface area contributed by atoms with Crippen molar-refractivity contribution in [3.05, 3.63) is 0 Å². The van der Waals surface area contributed by atoms with Crippen LogP contribution in [0.15, 0.2) is 0 Å². The van der Waals surface area contributed by atoms with Gasteiger partial charge in [-0.1, -0.05) is 0 Å². The van der Waals surface area contributed by atoms with E-state index in [2.05, 4.69) is 31.4 Å². The van der Waals surface area contributed by atoms with Crippen molar-refractivity contribution in [3.63, 3.8) is 0 Å². The fourth-order valence-electron chi connectivity index (χ4n) is 1.19. The summed E-state index contributed by atoms with van der Waals surface area (Å²) in [5.74, 6) is 0. The molecule has 14 heavy (non-hydrogen) atoms. The molecule has 0 spiro atoms. The zero-order chi connectivity index (χ0) is 11.0. The van der Waals surface area contributed by atoms with Crippen LogP contribution in [0.2, 0.25) is 0 Å². The predicted molar refractivity (Wildman–Crippen MR) is 61.7 cm³/mol. The van der Waals surface area contributed by atoms with E-state index in [-0.39, 0.29) is 5.60 Å². The Kier molecular flexibility index (Phi) is 7.15. The summed E-state index contributed by atoms with van der Waals surface area (Å²) >= 11 is 0. The smallest absolute Gasteiger partial charge is 0.0626 e. The van der Waals surface area contributed by atoms with Crippen LogP contribution in [0.5, 0.6) is 0 Å². The molecule has 0 amide bonds. The van der Waals surface area contributed by atoms with Crippen LogP contribution in [-0.4, -0.2) is 38.9 Å². The summed E-state index contributed by atoms with van der Waals surface area (Å²) in [5.41, 5.74) is -0.0297. The first kappa shape index (κ1) is 13.9. The number of hydrogen-bond acceptors (Lipinski definition) is 3. The minimum absolute atomic E-state index is 0.0297. The van der Waals surface area contributed by atoms with Gasteiger partial charge in [-0.15, -0.1) is 0 Å². The van der Waals surface area contributed by atoms with Crippen LogP contribution >= 0.6 is 0 Å². The zero-order valence-corrected chi connectivity index (χ0v) is 10.3. The van der Waals surface area contributed by atoms with Crippen molar-refractivity contribution in [3.8, 4) is 0 Å². The van der Waals surface area contributed by atoms with E-state index < -0.39 is 0 Å². The van der Waals surface area contributed by atoms with Crippen LogP contribution in [-0.2, 0) is 4.74 Å². The largest absolute Gasteiger partial charge is 0.374 e. The first-order valence-electron chi connectivity index (χ1n) is 5.45. The van der Waals surface area contributed by atoms with Crippen LogP contribution in [0.1, 0.15) is 33.6 Å². The molecule has 0 heterocycles. The number of ether oxygens (including phenoxy) is 1. The Bertz CT molecular complexity index is 132. The fraction of sp³-hybridized carbons (Fsp3) is 1.00. The van der Waals surface area contributed by atoms with Gasteiger partial charge in [-0.3, -0.25) is 0 Å². The Morgan fingerprint density at radius 1 is 1.21 bits per heavy atom. The Hall–Kier alpha value is -0.120. The van der Waals surface area contributed by atoms with E-state index in [1.807, 2.05) is 14.1 Å². The highest BCUT2D eigenvalue weighted by Gasteiger charge is 2.13. The van der Waals surface area contributed by atoms with Gasteiger partial charge < -0.3 is 15.4 Å². The Balaban J connectivity index is 3.58. The van der Waals surface area contributed by atoms with E-state index in [9.17, 15) is 0 Å². The van der Waals surface area contributed by atoms with Gasteiger partial charge in [-0.2, -0.15) is 0 Å². The molecular formula is C11H26N2O. The highest BCUT2D eigenvalue weighted by Crippen LogP contribution is 2.08. The minimum atomic E-state index is -0.0297. The van der Waals surface area contributed by atoms with E-state index in [0.29, 0.717) is 6.04 Å². The van der Waals surface area contributed by atoms with Crippen molar-refractivity contribution in [2.45, 2.75) is 45.3 Å². The maximum Gasteiger partial charge on any atom is 0.0626 e. The molecule has 0 radical (unpaired) electrons. The van der Waals surface area contributed by atoms with Crippen molar-refractivity contribution in [1.29, 1.82) is 0 Å². The second kappa shape index (κ2) is 7.21. The lowest BCUT2D eigenvalue weighted by Gasteiger charge is -2.24. The Labute approximate surface area is 88.6 Å². The molecule has 0 aliphatic heterocycles. The predicted octanol–water partition coefficient (Wildman–Crippen LogP) is 1.39. The highest BCUT2D eigenvalue weighted by atomic mass is 16.5. The summed E-state index contributed by atoms with van der Waals surface area (Å²) in [4.78, 5) is 0. The van der Waals surface area contributed by atoms with Gasteiger partial charge in [-0.05, 0) is 54.3 Å². The molecule has 3 nitrogen and oxygen atoms in total. The van der Waals surface area contributed by atoms with E-state index in [0.717, 1.165) is 19.6 Å². The number of nitrogens with one attached hydrogen (secondary N) is 2.